The highest BCUT2D eigenvalue weighted by atomic mass is 16.6. The third-order valence-corrected chi connectivity index (χ3v) is 3.11. The quantitative estimate of drug-likeness (QED) is 0.357. The molecule has 0 saturated carbocycles. The number of hydrogen-bond donors (Lipinski definition) is 0. The van der Waals surface area contributed by atoms with Gasteiger partial charge in [-0.3, -0.25) is 20.2 Å². The van der Waals surface area contributed by atoms with Crippen molar-refractivity contribution in [3.63, 3.8) is 0 Å². The number of nitrogens with zero attached hydrogens (tertiary/aromatic N) is 2. The Bertz CT molecular complexity index is 872. The molecule has 1 aliphatic heterocycles. The molecule has 0 aliphatic carbocycles. The summed E-state index contributed by atoms with van der Waals surface area (Å²) in [6, 6.07) is 4.10. The first-order chi connectivity index (χ1) is 9.90. The highest BCUT2D eigenvalue weighted by molar-refractivity contribution is 6.22. The number of carbonyl (C=O) groups is 2. The van der Waals surface area contributed by atoms with Gasteiger partial charge in [0.15, 0.2) is 0 Å². The van der Waals surface area contributed by atoms with E-state index in [1.807, 2.05) is 0 Å². The maximum absolute atomic E-state index is 11.7. The maximum atomic E-state index is 11.7. The molecule has 0 bridgehead atoms. The van der Waals surface area contributed by atoms with Gasteiger partial charge in [0.1, 0.15) is 0 Å². The summed E-state index contributed by atoms with van der Waals surface area (Å²) in [4.78, 5) is 43.7. The number of ether oxygens (including phenoxy) is 1. The summed E-state index contributed by atoms with van der Waals surface area (Å²) in [5.41, 5.74) is -1.21. The van der Waals surface area contributed by atoms with E-state index in [4.69, 9.17) is 0 Å². The highest BCUT2D eigenvalue weighted by Gasteiger charge is 2.32. The summed E-state index contributed by atoms with van der Waals surface area (Å²) in [5, 5.41) is 21.8. The largest absolute Gasteiger partial charge is 0.386 e. The number of nitro groups is 2. The van der Waals surface area contributed by atoms with Gasteiger partial charge in [-0.15, -0.1) is 0 Å². The van der Waals surface area contributed by atoms with Crippen molar-refractivity contribution in [3.05, 3.63) is 55.6 Å². The van der Waals surface area contributed by atoms with Gasteiger partial charge in [-0.1, -0.05) is 0 Å². The lowest BCUT2D eigenvalue weighted by molar-refractivity contribution is -0.386. The van der Waals surface area contributed by atoms with Crippen LogP contribution in [0.25, 0.3) is 10.8 Å². The van der Waals surface area contributed by atoms with Gasteiger partial charge >= 0.3 is 11.9 Å². The predicted molar refractivity (Wildman–Crippen MR) is 67.0 cm³/mol. The van der Waals surface area contributed by atoms with Crippen LogP contribution in [0.5, 0.6) is 0 Å². The first-order valence-electron chi connectivity index (χ1n) is 5.56. The second-order valence-corrected chi connectivity index (χ2v) is 4.24. The molecule has 21 heavy (non-hydrogen) atoms. The number of carbonyl (C=O) groups excluding carboxylic acids is 2. The van der Waals surface area contributed by atoms with Crippen LogP contribution < -0.4 is 0 Å². The van der Waals surface area contributed by atoms with Crippen LogP contribution in [-0.2, 0) is 4.74 Å². The lowest BCUT2D eigenvalue weighted by atomic mass is 9.95. The molecule has 0 spiro atoms. The van der Waals surface area contributed by atoms with Crippen LogP contribution in [0.3, 0.4) is 0 Å². The maximum Gasteiger partial charge on any atom is 0.346 e. The van der Waals surface area contributed by atoms with E-state index in [9.17, 15) is 29.8 Å². The minimum Gasteiger partial charge on any atom is -0.386 e. The van der Waals surface area contributed by atoms with E-state index in [0.29, 0.717) is 0 Å². The molecule has 0 radical (unpaired) electrons. The third-order valence-electron chi connectivity index (χ3n) is 3.11. The van der Waals surface area contributed by atoms with Crippen molar-refractivity contribution < 1.29 is 24.2 Å². The number of rotatable bonds is 2. The third kappa shape index (κ3) is 1.71. The minimum atomic E-state index is -1.07. The van der Waals surface area contributed by atoms with Crippen molar-refractivity contribution in [3.8, 4) is 0 Å². The summed E-state index contributed by atoms with van der Waals surface area (Å²) in [6.45, 7) is 0. The molecule has 3 rings (SSSR count). The molecule has 0 fully saturated rings. The average Bonchev–Trinajstić information content (AvgIpc) is 2.43. The Balaban J connectivity index is 2.54. The number of benzene rings is 2. The fourth-order valence-corrected chi connectivity index (χ4v) is 2.24. The van der Waals surface area contributed by atoms with Gasteiger partial charge < -0.3 is 4.74 Å². The van der Waals surface area contributed by atoms with E-state index in [1.54, 1.807) is 0 Å². The fraction of sp³-hybridized carbons (Fsp3) is 0. The molecular formula is C12H4N2O7. The van der Waals surface area contributed by atoms with Crippen LogP contribution in [0.2, 0.25) is 0 Å². The SMILES string of the molecule is O=C1OC(=O)c2cc([N+](=O)[O-])cc3c([N+](=O)[O-])ccc1c23. The van der Waals surface area contributed by atoms with Crippen molar-refractivity contribution in [1.29, 1.82) is 0 Å². The molecule has 9 heteroatoms. The smallest absolute Gasteiger partial charge is 0.346 e. The number of hydrogen-bond acceptors (Lipinski definition) is 7. The van der Waals surface area contributed by atoms with E-state index in [0.717, 1.165) is 24.3 Å². The standard InChI is InChI=1S/C12H4N2O7/c15-11-6-1-2-9(14(19)20)7-3-5(13(17)18)4-8(10(6)7)12(16)21-11/h1-4H. The second-order valence-electron chi connectivity index (χ2n) is 4.24. The molecule has 0 atom stereocenters. The van der Waals surface area contributed by atoms with Crippen molar-refractivity contribution in [2.75, 3.05) is 0 Å². The number of cyclic esters (lactones) is 2. The number of esters is 2. The fourth-order valence-electron chi connectivity index (χ4n) is 2.24. The molecule has 0 unspecified atom stereocenters. The summed E-state index contributed by atoms with van der Waals surface area (Å²) >= 11 is 0. The monoisotopic (exact) mass is 288 g/mol. The van der Waals surface area contributed by atoms with E-state index in [-0.39, 0.29) is 21.9 Å². The Hall–Kier alpha value is -3.36. The summed E-state index contributed by atoms with van der Waals surface area (Å²) in [6.07, 6.45) is 0. The van der Waals surface area contributed by atoms with Crippen LogP contribution in [0.1, 0.15) is 20.7 Å². The Morgan fingerprint density at radius 2 is 1.57 bits per heavy atom. The van der Waals surface area contributed by atoms with Gasteiger partial charge in [-0.2, -0.15) is 0 Å². The Morgan fingerprint density at radius 3 is 2.19 bits per heavy atom. The van der Waals surface area contributed by atoms with Crippen LogP contribution in [-0.4, -0.2) is 21.8 Å². The van der Waals surface area contributed by atoms with Gasteiger partial charge in [0.25, 0.3) is 11.4 Å². The summed E-state index contributed by atoms with van der Waals surface area (Å²) in [5.74, 6) is -2.01. The molecule has 2 aromatic rings. The average molecular weight is 288 g/mol. The second kappa shape index (κ2) is 4.07. The van der Waals surface area contributed by atoms with Crippen molar-refractivity contribution in [1.82, 2.24) is 0 Å². The zero-order chi connectivity index (χ0) is 15.3. The van der Waals surface area contributed by atoms with E-state index >= 15 is 0 Å². The van der Waals surface area contributed by atoms with E-state index in [1.165, 1.54) is 0 Å². The summed E-state index contributed by atoms with van der Waals surface area (Å²) < 4.78 is 4.47. The molecule has 104 valence electrons. The van der Waals surface area contributed by atoms with Gasteiger partial charge in [0, 0.05) is 23.6 Å². The van der Waals surface area contributed by atoms with E-state index in [2.05, 4.69) is 4.74 Å². The molecule has 9 nitrogen and oxygen atoms in total. The van der Waals surface area contributed by atoms with Gasteiger partial charge in [0.2, 0.25) is 0 Å². The number of non-ortho nitro benzene ring substituents is 2. The molecule has 0 N–H and O–H groups in total. The van der Waals surface area contributed by atoms with Crippen LogP contribution in [0.15, 0.2) is 24.3 Å². The van der Waals surface area contributed by atoms with Gasteiger partial charge in [-0.25, -0.2) is 9.59 Å². The lowest BCUT2D eigenvalue weighted by Gasteiger charge is -2.15. The zero-order valence-electron chi connectivity index (χ0n) is 10.1. The van der Waals surface area contributed by atoms with Crippen molar-refractivity contribution >= 4 is 34.1 Å². The Morgan fingerprint density at radius 1 is 0.905 bits per heavy atom. The van der Waals surface area contributed by atoms with E-state index < -0.39 is 33.2 Å². The topological polar surface area (TPSA) is 130 Å². The van der Waals surface area contributed by atoms with Gasteiger partial charge in [-0.05, 0) is 6.07 Å². The first kappa shape index (κ1) is 12.7. The first-order valence-corrected chi connectivity index (χ1v) is 5.56. The minimum absolute atomic E-state index is 0.00366. The van der Waals surface area contributed by atoms with Crippen LogP contribution in [0, 0.1) is 20.2 Å². The van der Waals surface area contributed by atoms with Gasteiger partial charge in [0.05, 0.1) is 26.4 Å². The highest BCUT2D eigenvalue weighted by Crippen LogP contribution is 2.37. The number of nitro benzene ring substituents is 2. The Labute approximate surface area is 115 Å². The van der Waals surface area contributed by atoms with Crippen molar-refractivity contribution in [2.24, 2.45) is 0 Å². The molecule has 0 aromatic heterocycles. The predicted octanol–water partition coefficient (Wildman–Crippen LogP) is 1.97. The van der Waals surface area contributed by atoms with Crippen LogP contribution >= 0.6 is 0 Å². The van der Waals surface area contributed by atoms with Crippen molar-refractivity contribution in [2.45, 2.75) is 0 Å². The Kier molecular flexibility index (Phi) is 2.45. The zero-order valence-corrected chi connectivity index (χ0v) is 10.1. The molecular weight excluding hydrogens is 284 g/mol. The lowest BCUT2D eigenvalue weighted by Crippen LogP contribution is -2.20. The molecule has 1 heterocycles. The molecule has 1 aliphatic rings. The normalized spacial score (nSPS) is 13.1. The molecule has 2 aromatic carbocycles. The molecule has 0 amide bonds. The van der Waals surface area contributed by atoms with Crippen LogP contribution in [0.4, 0.5) is 11.4 Å². The molecule has 0 saturated heterocycles. The summed E-state index contributed by atoms with van der Waals surface area (Å²) in [7, 11) is 0.